The number of halogens is 1. The van der Waals surface area contributed by atoms with Crippen molar-refractivity contribution in [3.8, 4) is 0 Å². The minimum atomic E-state index is -0.499. The third-order valence-corrected chi connectivity index (χ3v) is 3.20. The van der Waals surface area contributed by atoms with E-state index in [9.17, 15) is 5.11 Å². The highest BCUT2D eigenvalue weighted by Crippen LogP contribution is 2.25. The largest absolute Gasteiger partial charge is 0.390 e. The molecular formula is C14H16ClNO. The van der Waals surface area contributed by atoms with Crippen LogP contribution in [0.2, 0.25) is 0 Å². The van der Waals surface area contributed by atoms with E-state index in [0.29, 0.717) is 6.54 Å². The van der Waals surface area contributed by atoms with Gasteiger partial charge in [0, 0.05) is 24.7 Å². The van der Waals surface area contributed by atoms with E-state index >= 15 is 0 Å². The van der Waals surface area contributed by atoms with Crippen LogP contribution in [-0.2, 0) is 0 Å². The van der Waals surface area contributed by atoms with Crippen molar-refractivity contribution in [1.82, 2.24) is 0 Å². The van der Waals surface area contributed by atoms with Gasteiger partial charge in [-0.05, 0) is 11.5 Å². The van der Waals surface area contributed by atoms with Crippen molar-refractivity contribution >= 4 is 28.1 Å². The first kappa shape index (κ1) is 12.2. The summed E-state index contributed by atoms with van der Waals surface area (Å²) in [6.45, 7) is 0.539. The Morgan fingerprint density at radius 3 is 2.65 bits per heavy atom. The normalized spacial score (nSPS) is 12.6. The van der Waals surface area contributed by atoms with Gasteiger partial charge in [-0.3, -0.25) is 0 Å². The summed E-state index contributed by atoms with van der Waals surface area (Å²) < 4.78 is 0. The molecule has 1 unspecified atom stereocenters. The van der Waals surface area contributed by atoms with Crippen LogP contribution >= 0.6 is 11.6 Å². The Hall–Kier alpha value is -1.25. The van der Waals surface area contributed by atoms with Gasteiger partial charge in [0.2, 0.25) is 0 Å². The van der Waals surface area contributed by atoms with Crippen LogP contribution in [0.5, 0.6) is 0 Å². The van der Waals surface area contributed by atoms with Gasteiger partial charge < -0.3 is 10.0 Å². The molecule has 0 aliphatic heterocycles. The van der Waals surface area contributed by atoms with Crippen molar-refractivity contribution in [2.24, 2.45) is 0 Å². The van der Waals surface area contributed by atoms with Crippen molar-refractivity contribution in [3.63, 3.8) is 0 Å². The fourth-order valence-electron chi connectivity index (χ4n) is 2.00. The van der Waals surface area contributed by atoms with E-state index in [1.165, 1.54) is 10.8 Å². The van der Waals surface area contributed by atoms with Crippen molar-refractivity contribution in [3.05, 3.63) is 42.5 Å². The van der Waals surface area contributed by atoms with Crippen LogP contribution in [0.1, 0.15) is 0 Å². The van der Waals surface area contributed by atoms with Crippen molar-refractivity contribution in [1.29, 1.82) is 0 Å². The van der Waals surface area contributed by atoms with Gasteiger partial charge in [0.15, 0.2) is 0 Å². The Balaban J connectivity index is 2.34. The second-order valence-electron chi connectivity index (χ2n) is 4.19. The number of rotatable bonds is 4. The van der Waals surface area contributed by atoms with Gasteiger partial charge in [-0.1, -0.05) is 36.4 Å². The lowest BCUT2D eigenvalue weighted by atomic mass is 10.1. The van der Waals surface area contributed by atoms with E-state index in [2.05, 4.69) is 24.3 Å². The third kappa shape index (κ3) is 2.71. The number of likely N-dealkylation sites (N-methyl/N-ethyl adjacent to an activating group) is 1. The molecule has 0 aliphatic carbocycles. The van der Waals surface area contributed by atoms with Crippen LogP contribution in [0.3, 0.4) is 0 Å². The number of aliphatic hydroxyl groups excluding tert-OH is 1. The summed E-state index contributed by atoms with van der Waals surface area (Å²) in [5.41, 5.74) is 1.12. The Kier molecular flexibility index (Phi) is 3.87. The molecule has 2 aromatic carbocycles. The second kappa shape index (κ2) is 5.39. The molecular weight excluding hydrogens is 234 g/mol. The molecule has 0 aliphatic rings. The number of fused-ring (bicyclic) bond motifs is 1. The van der Waals surface area contributed by atoms with E-state index in [0.717, 1.165) is 5.69 Å². The van der Waals surface area contributed by atoms with Gasteiger partial charge in [-0.25, -0.2) is 0 Å². The highest BCUT2D eigenvalue weighted by atomic mass is 35.5. The van der Waals surface area contributed by atoms with Crippen LogP contribution in [0.15, 0.2) is 42.5 Å². The number of aliphatic hydroxyl groups is 1. The molecule has 2 nitrogen and oxygen atoms in total. The third-order valence-electron chi connectivity index (χ3n) is 2.84. The summed E-state index contributed by atoms with van der Waals surface area (Å²) in [4.78, 5) is 2.04. The maximum atomic E-state index is 9.59. The van der Waals surface area contributed by atoms with Gasteiger partial charge in [0.1, 0.15) is 0 Å². The lowest BCUT2D eigenvalue weighted by Gasteiger charge is -2.23. The van der Waals surface area contributed by atoms with E-state index in [4.69, 9.17) is 11.6 Å². The molecule has 0 spiro atoms. The molecule has 1 atom stereocenters. The topological polar surface area (TPSA) is 23.5 Å². The lowest BCUT2D eigenvalue weighted by Crippen LogP contribution is -2.30. The fraction of sp³-hybridized carbons (Fsp3) is 0.286. The predicted octanol–water partition coefficient (Wildman–Crippen LogP) is 2.88. The number of hydrogen-bond acceptors (Lipinski definition) is 2. The molecule has 90 valence electrons. The van der Waals surface area contributed by atoms with Gasteiger partial charge >= 0.3 is 0 Å². The van der Waals surface area contributed by atoms with Crippen molar-refractivity contribution in [2.75, 3.05) is 24.4 Å². The van der Waals surface area contributed by atoms with E-state index in [1.807, 2.05) is 30.1 Å². The molecule has 0 fully saturated rings. The Labute approximate surface area is 106 Å². The molecule has 3 heteroatoms. The molecule has 17 heavy (non-hydrogen) atoms. The van der Waals surface area contributed by atoms with Gasteiger partial charge in [0.25, 0.3) is 0 Å². The standard InChI is InChI=1S/C14H16ClNO/c1-16(10-12(17)9-15)14-8-4-6-11-5-2-3-7-13(11)14/h2-8,12,17H,9-10H2,1H3. The maximum Gasteiger partial charge on any atom is 0.0849 e. The minimum Gasteiger partial charge on any atom is -0.390 e. The Bertz CT molecular complexity index is 495. The summed E-state index contributed by atoms with van der Waals surface area (Å²) in [6.07, 6.45) is -0.499. The van der Waals surface area contributed by atoms with E-state index in [1.54, 1.807) is 0 Å². The molecule has 0 bridgehead atoms. The monoisotopic (exact) mass is 249 g/mol. The Morgan fingerprint density at radius 2 is 1.88 bits per heavy atom. The number of alkyl halides is 1. The van der Waals surface area contributed by atoms with Crippen LogP contribution in [0.4, 0.5) is 5.69 Å². The second-order valence-corrected chi connectivity index (χ2v) is 4.50. The molecule has 2 rings (SSSR count). The molecule has 0 saturated heterocycles. The minimum absolute atomic E-state index is 0.259. The highest BCUT2D eigenvalue weighted by Gasteiger charge is 2.09. The lowest BCUT2D eigenvalue weighted by molar-refractivity contribution is 0.205. The smallest absolute Gasteiger partial charge is 0.0849 e. The first-order valence-corrected chi connectivity index (χ1v) is 6.18. The predicted molar refractivity (Wildman–Crippen MR) is 73.9 cm³/mol. The summed E-state index contributed by atoms with van der Waals surface area (Å²) >= 11 is 5.63. The number of anilines is 1. The molecule has 0 radical (unpaired) electrons. The maximum absolute atomic E-state index is 9.59. The summed E-state index contributed by atoms with van der Waals surface area (Å²) in [6, 6.07) is 14.4. The van der Waals surface area contributed by atoms with E-state index < -0.39 is 6.10 Å². The van der Waals surface area contributed by atoms with Gasteiger partial charge in [-0.15, -0.1) is 11.6 Å². The molecule has 1 N–H and O–H groups in total. The fourth-order valence-corrected chi connectivity index (χ4v) is 2.10. The number of benzene rings is 2. The van der Waals surface area contributed by atoms with Gasteiger partial charge in [-0.2, -0.15) is 0 Å². The molecule has 2 aromatic rings. The van der Waals surface area contributed by atoms with Crippen LogP contribution in [-0.4, -0.2) is 30.7 Å². The zero-order valence-corrected chi connectivity index (χ0v) is 10.6. The van der Waals surface area contributed by atoms with Crippen LogP contribution < -0.4 is 4.90 Å². The molecule has 0 saturated carbocycles. The quantitative estimate of drug-likeness (QED) is 0.843. The average molecular weight is 250 g/mol. The molecule has 0 amide bonds. The SMILES string of the molecule is CN(CC(O)CCl)c1cccc2ccccc12. The zero-order chi connectivity index (χ0) is 12.3. The van der Waals surface area contributed by atoms with Crippen molar-refractivity contribution < 1.29 is 5.11 Å². The van der Waals surface area contributed by atoms with Crippen LogP contribution in [0.25, 0.3) is 10.8 Å². The van der Waals surface area contributed by atoms with Crippen molar-refractivity contribution in [2.45, 2.75) is 6.10 Å². The first-order chi connectivity index (χ1) is 8.22. The average Bonchev–Trinajstić information content (AvgIpc) is 2.37. The van der Waals surface area contributed by atoms with Gasteiger partial charge in [0.05, 0.1) is 12.0 Å². The number of hydrogen-bond donors (Lipinski definition) is 1. The zero-order valence-electron chi connectivity index (χ0n) is 9.81. The van der Waals surface area contributed by atoms with Crippen LogP contribution in [0, 0.1) is 0 Å². The van der Waals surface area contributed by atoms with E-state index in [-0.39, 0.29) is 5.88 Å². The first-order valence-electron chi connectivity index (χ1n) is 5.65. The summed E-state index contributed by atoms with van der Waals surface area (Å²) in [5, 5.41) is 12.0. The summed E-state index contributed by atoms with van der Waals surface area (Å²) in [5.74, 6) is 0.259. The molecule has 0 aromatic heterocycles. The highest BCUT2D eigenvalue weighted by molar-refractivity contribution is 6.18. The summed E-state index contributed by atoms with van der Waals surface area (Å²) in [7, 11) is 1.97. The number of nitrogens with zero attached hydrogens (tertiary/aromatic N) is 1. The molecule has 0 heterocycles. The Morgan fingerprint density at radius 1 is 1.18 bits per heavy atom.